The van der Waals surface area contributed by atoms with E-state index in [9.17, 15) is 14.4 Å². The topological polar surface area (TPSA) is 109 Å². The molecular formula is C14H20N2O4S. The molecule has 0 aromatic carbocycles. The molecule has 2 amide bonds. The van der Waals surface area contributed by atoms with Gasteiger partial charge in [-0.25, -0.2) is 4.79 Å². The van der Waals surface area contributed by atoms with Crippen molar-refractivity contribution in [2.75, 3.05) is 0 Å². The first-order valence-corrected chi connectivity index (χ1v) is 7.58. The van der Waals surface area contributed by atoms with Gasteiger partial charge in [-0.2, -0.15) is 0 Å². The summed E-state index contributed by atoms with van der Waals surface area (Å²) in [5.74, 6) is -2.19. The molecular weight excluding hydrogens is 292 g/mol. The van der Waals surface area contributed by atoms with Crippen LogP contribution in [-0.4, -0.2) is 28.9 Å². The molecule has 7 heteroatoms. The van der Waals surface area contributed by atoms with Crippen LogP contribution in [0.15, 0.2) is 6.07 Å². The van der Waals surface area contributed by atoms with E-state index in [1.54, 1.807) is 6.07 Å². The Bertz CT molecular complexity index is 539. The number of carboxylic acid groups (broad SMARTS) is 1. The van der Waals surface area contributed by atoms with Gasteiger partial charge in [0.1, 0.15) is 6.04 Å². The SMILES string of the molecule is CCCc1cc(C(=O)NC(CCC(N)=O)C(=O)O)sc1C. The number of primary amides is 1. The van der Waals surface area contributed by atoms with Gasteiger partial charge in [0.25, 0.3) is 5.91 Å². The highest BCUT2D eigenvalue weighted by atomic mass is 32.1. The van der Waals surface area contributed by atoms with Crippen LogP contribution >= 0.6 is 11.3 Å². The fourth-order valence-corrected chi connectivity index (χ4v) is 2.90. The van der Waals surface area contributed by atoms with Gasteiger partial charge >= 0.3 is 5.97 Å². The molecule has 1 heterocycles. The number of amides is 2. The minimum atomic E-state index is -1.17. The Labute approximate surface area is 127 Å². The van der Waals surface area contributed by atoms with Gasteiger partial charge in [0.05, 0.1) is 4.88 Å². The lowest BCUT2D eigenvalue weighted by Gasteiger charge is -2.12. The average Bonchev–Trinajstić information content (AvgIpc) is 2.76. The van der Waals surface area contributed by atoms with E-state index in [1.165, 1.54) is 11.3 Å². The Morgan fingerprint density at radius 3 is 2.62 bits per heavy atom. The third kappa shape index (κ3) is 5.18. The van der Waals surface area contributed by atoms with Crippen molar-refractivity contribution in [1.29, 1.82) is 0 Å². The average molecular weight is 312 g/mol. The number of hydrogen-bond donors (Lipinski definition) is 3. The molecule has 0 spiro atoms. The van der Waals surface area contributed by atoms with Gasteiger partial charge in [0.15, 0.2) is 0 Å². The fraction of sp³-hybridized carbons (Fsp3) is 0.500. The van der Waals surface area contributed by atoms with Crippen LogP contribution in [0.1, 0.15) is 46.3 Å². The van der Waals surface area contributed by atoms with Crippen molar-refractivity contribution in [1.82, 2.24) is 5.32 Å². The van der Waals surface area contributed by atoms with Crippen molar-refractivity contribution >= 4 is 29.1 Å². The lowest BCUT2D eigenvalue weighted by atomic mass is 10.1. The number of carboxylic acids is 1. The molecule has 6 nitrogen and oxygen atoms in total. The summed E-state index contributed by atoms with van der Waals surface area (Å²) in [5.41, 5.74) is 6.10. The second-order valence-corrected chi connectivity index (χ2v) is 6.07. The number of aryl methyl sites for hydroxylation is 2. The van der Waals surface area contributed by atoms with Crippen molar-refractivity contribution in [2.45, 2.75) is 45.6 Å². The van der Waals surface area contributed by atoms with Gasteiger partial charge in [-0.15, -0.1) is 11.3 Å². The molecule has 0 aliphatic heterocycles. The molecule has 1 aromatic rings. The van der Waals surface area contributed by atoms with Gasteiger partial charge in [0, 0.05) is 11.3 Å². The Hall–Kier alpha value is -1.89. The van der Waals surface area contributed by atoms with Crippen molar-refractivity contribution in [3.05, 3.63) is 21.4 Å². The van der Waals surface area contributed by atoms with Crippen LogP contribution in [0.2, 0.25) is 0 Å². The van der Waals surface area contributed by atoms with Crippen molar-refractivity contribution in [3.63, 3.8) is 0 Å². The highest BCUT2D eigenvalue weighted by Crippen LogP contribution is 2.23. The van der Waals surface area contributed by atoms with Crippen LogP contribution in [0, 0.1) is 6.92 Å². The van der Waals surface area contributed by atoms with E-state index >= 15 is 0 Å². The molecule has 0 saturated carbocycles. The summed E-state index contributed by atoms with van der Waals surface area (Å²) in [6.07, 6.45) is 1.78. The first-order chi connectivity index (χ1) is 9.85. The largest absolute Gasteiger partial charge is 0.480 e. The molecule has 21 heavy (non-hydrogen) atoms. The number of aliphatic carboxylic acids is 1. The van der Waals surface area contributed by atoms with Crippen molar-refractivity contribution in [3.8, 4) is 0 Å². The number of rotatable bonds is 8. The molecule has 116 valence electrons. The maximum absolute atomic E-state index is 12.1. The lowest BCUT2D eigenvalue weighted by molar-refractivity contribution is -0.139. The van der Waals surface area contributed by atoms with E-state index < -0.39 is 23.8 Å². The first-order valence-electron chi connectivity index (χ1n) is 6.76. The number of hydrogen-bond acceptors (Lipinski definition) is 4. The summed E-state index contributed by atoms with van der Waals surface area (Å²) in [4.78, 5) is 35.5. The van der Waals surface area contributed by atoms with E-state index in [0.717, 1.165) is 23.3 Å². The molecule has 0 saturated heterocycles. The minimum Gasteiger partial charge on any atom is -0.480 e. The molecule has 0 radical (unpaired) electrons. The Morgan fingerprint density at radius 1 is 1.43 bits per heavy atom. The zero-order valence-electron chi connectivity index (χ0n) is 12.1. The second kappa shape index (κ2) is 7.78. The summed E-state index contributed by atoms with van der Waals surface area (Å²) >= 11 is 1.34. The normalized spacial score (nSPS) is 11.9. The van der Waals surface area contributed by atoms with Crippen LogP contribution in [0.5, 0.6) is 0 Å². The second-order valence-electron chi connectivity index (χ2n) is 4.81. The maximum atomic E-state index is 12.1. The Balaban J connectivity index is 2.74. The zero-order valence-corrected chi connectivity index (χ0v) is 13.0. The fourth-order valence-electron chi connectivity index (χ4n) is 1.92. The highest BCUT2D eigenvalue weighted by Gasteiger charge is 2.22. The molecule has 1 unspecified atom stereocenters. The van der Waals surface area contributed by atoms with Crippen LogP contribution in [0.3, 0.4) is 0 Å². The monoisotopic (exact) mass is 312 g/mol. The Morgan fingerprint density at radius 2 is 2.10 bits per heavy atom. The molecule has 0 aliphatic carbocycles. The van der Waals surface area contributed by atoms with Gasteiger partial charge in [-0.05, 0) is 31.4 Å². The standard InChI is InChI=1S/C14H20N2O4S/c1-3-4-9-7-11(21-8(9)2)13(18)16-10(14(19)20)5-6-12(15)17/h7,10H,3-6H2,1-2H3,(H2,15,17)(H,16,18)(H,19,20). The number of carbonyl (C=O) groups is 3. The van der Waals surface area contributed by atoms with E-state index in [4.69, 9.17) is 10.8 Å². The van der Waals surface area contributed by atoms with Crippen molar-refractivity contribution < 1.29 is 19.5 Å². The maximum Gasteiger partial charge on any atom is 0.326 e. The smallest absolute Gasteiger partial charge is 0.326 e. The number of nitrogens with two attached hydrogens (primary N) is 1. The minimum absolute atomic E-state index is 0.0113. The summed E-state index contributed by atoms with van der Waals surface area (Å²) in [7, 11) is 0. The Kier molecular flexibility index (Phi) is 6.36. The van der Waals surface area contributed by atoms with Gasteiger partial charge in [-0.3, -0.25) is 9.59 Å². The van der Waals surface area contributed by atoms with Gasteiger partial charge < -0.3 is 16.2 Å². The third-order valence-electron chi connectivity index (χ3n) is 3.05. The van der Waals surface area contributed by atoms with Crippen LogP contribution in [-0.2, 0) is 16.0 Å². The van der Waals surface area contributed by atoms with E-state index in [-0.39, 0.29) is 12.8 Å². The first kappa shape index (κ1) is 17.2. The van der Waals surface area contributed by atoms with E-state index in [0.29, 0.717) is 4.88 Å². The predicted molar refractivity (Wildman–Crippen MR) is 80.4 cm³/mol. The summed E-state index contributed by atoms with van der Waals surface area (Å²) in [6, 6.07) is 0.688. The number of nitrogens with one attached hydrogen (secondary N) is 1. The predicted octanol–water partition coefficient (Wildman–Crippen LogP) is 1.46. The summed E-state index contributed by atoms with van der Waals surface area (Å²) < 4.78 is 0. The van der Waals surface area contributed by atoms with Crippen LogP contribution in [0.25, 0.3) is 0 Å². The van der Waals surface area contributed by atoms with E-state index in [2.05, 4.69) is 12.2 Å². The molecule has 0 bridgehead atoms. The molecule has 1 rings (SSSR count). The zero-order chi connectivity index (χ0) is 16.0. The number of thiophene rings is 1. The van der Waals surface area contributed by atoms with Gasteiger partial charge in [-0.1, -0.05) is 13.3 Å². The van der Waals surface area contributed by atoms with Gasteiger partial charge in [0.2, 0.25) is 5.91 Å². The quantitative estimate of drug-likeness (QED) is 0.675. The molecule has 1 atom stereocenters. The molecule has 0 fully saturated rings. The van der Waals surface area contributed by atoms with Crippen LogP contribution in [0.4, 0.5) is 0 Å². The van der Waals surface area contributed by atoms with Crippen LogP contribution < -0.4 is 11.1 Å². The summed E-state index contributed by atoms with van der Waals surface area (Å²) in [5, 5.41) is 11.5. The molecule has 4 N–H and O–H groups in total. The van der Waals surface area contributed by atoms with Crippen molar-refractivity contribution in [2.24, 2.45) is 5.73 Å². The van der Waals surface area contributed by atoms with E-state index in [1.807, 2.05) is 6.92 Å². The number of carbonyl (C=O) groups excluding carboxylic acids is 2. The highest BCUT2D eigenvalue weighted by molar-refractivity contribution is 7.14. The summed E-state index contributed by atoms with van der Waals surface area (Å²) in [6.45, 7) is 4.00. The molecule has 0 aliphatic rings. The third-order valence-corrected chi connectivity index (χ3v) is 4.14. The molecule has 1 aromatic heterocycles. The lowest BCUT2D eigenvalue weighted by Crippen LogP contribution is -2.41.